The fourth-order valence-corrected chi connectivity index (χ4v) is 2.65. The van der Waals surface area contributed by atoms with Gasteiger partial charge >= 0.3 is 5.97 Å². The highest BCUT2D eigenvalue weighted by Crippen LogP contribution is 2.08. The summed E-state index contributed by atoms with van der Waals surface area (Å²) in [6.07, 6.45) is 0.768. The summed E-state index contributed by atoms with van der Waals surface area (Å²) >= 11 is 0. The number of nitrogens with one attached hydrogen (secondary N) is 1. The summed E-state index contributed by atoms with van der Waals surface area (Å²) in [5, 5.41) is 2.28. The Labute approximate surface area is 169 Å². The van der Waals surface area contributed by atoms with E-state index in [0.29, 0.717) is 13.1 Å². The van der Waals surface area contributed by atoms with Gasteiger partial charge < -0.3 is 15.0 Å². The Balaban J connectivity index is 1.82. The van der Waals surface area contributed by atoms with Gasteiger partial charge in [-0.25, -0.2) is 4.39 Å². The van der Waals surface area contributed by atoms with Crippen LogP contribution in [0.25, 0.3) is 0 Å². The maximum Gasteiger partial charge on any atom is 0.325 e. The van der Waals surface area contributed by atoms with Gasteiger partial charge in [-0.1, -0.05) is 48.9 Å². The summed E-state index contributed by atoms with van der Waals surface area (Å²) in [4.78, 5) is 37.8. The van der Waals surface area contributed by atoms with Crippen LogP contribution < -0.4 is 5.32 Å². The zero-order chi connectivity index (χ0) is 21.2. The fourth-order valence-electron chi connectivity index (χ4n) is 2.65. The molecule has 0 aliphatic carbocycles. The van der Waals surface area contributed by atoms with Gasteiger partial charge in [-0.05, 0) is 31.0 Å². The van der Waals surface area contributed by atoms with Crippen LogP contribution in [0, 0.1) is 12.7 Å². The summed E-state index contributed by atoms with van der Waals surface area (Å²) in [5.41, 5.74) is 1.96. The molecule has 0 aliphatic rings. The number of amides is 2. The average Bonchev–Trinajstić information content (AvgIpc) is 2.71. The highest BCUT2D eigenvalue weighted by atomic mass is 19.1. The molecule has 2 aromatic carbocycles. The second-order valence-corrected chi connectivity index (χ2v) is 6.62. The van der Waals surface area contributed by atoms with E-state index in [9.17, 15) is 18.8 Å². The quantitative estimate of drug-likeness (QED) is 0.657. The van der Waals surface area contributed by atoms with Crippen molar-refractivity contribution in [2.24, 2.45) is 0 Å². The van der Waals surface area contributed by atoms with Gasteiger partial charge in [0.2, 0.25) is 0 Å². The molecule has 29 heavy (non-hydrogen) atoms. The Morgan fingerprint density at radius 3 is 2.41 bits per heavy atom. The molecular formula is C22H25FN2O4. The lowest BCUT2D eigenvalue weighted by Crippen LogP contribution is -2.37. The Morgan fingerprint density at radius 2 is 1.76 bits per heavy atom. The molecule has 0 spiro atoms. The molecule has 7 heteroatoms. The Bertz CT molecular complexity index is 852. The predicted octanol–water partition coefficient (Wildman–Crippen LogP) is 2.85. The molecule has 0 fully saturated rings. The number of esters is 1. The van der Waals surface area contributed by atoms with Crippen molar-refractivity contribution in [3.05, 3.63) is 71.0 Å². The summed E-state index contributed by atoms with van der Waals surface area (Å²) in [5.74, 6) is -2.49. The molecule has 0 atom stereocenters. The third kappa shape index (κ3) is 7.03. The molecule has 154 valence electrons. The van der Waals surface area contributed by atoms with Crippen LogP contribution in [-0.4, -0.2) is 42.4 Å². The van der Waals surface area contributed by atoms with E-state index in [1.165, 1.54) is 18.2 Å². The summed E-state index contributed by atoms with van der Waals surface area (Å²) < 4.78 is 18.5. The van der Waals surface area contributed by atoms with E-state index in [2.05, 4.69) is 5.32 Å². The standard InChI is InChI=1S/C22H25FN2O4/c1-3-12-25(14-17-10-8-16(2)9-11-17)20(26)15-29-21(27)13-24-22(28)18-6-4-5-7-19(18)23/h4-11H,3,12-15H2,1-2H3,(H,24,28). The number of rotatable bonds is 9. The molecule has 2 aromatic rings. The number of benzene rings is 2. The minimum Gasteiger partial charge on any atom is -0.454 e. The number of carbonyl (C=O) groups is 3. The van der Waals surface area contributed by atoms with Crippen molar-refractivity contribution >= 4 is 17.8 Å². The third-order valence-electron chi connectivity index (χ3n) is 4.21. The first kappa shape index (κ1) is 22.1. The molecule has 0 radical (unpaired) electrons. The summed E-state index contributed by atoms with van der Waals surface area (Å²) in [6, 6.07) is 13.3. The highest BCUT2D eigenvalue weighted by molar-refractivity contribution is 5.96. The molecule has 0 aliphatic heterocycles. The zero-order valence-corrected chi connectivity index (χ0v) is 16.6. The predicted molar refractivity (Wildman–Crippen MR) is 107 cm³/mol. The van der Waals surface area contributed by atoms with Crippen molar-refractivity contribution in [3.8, 4) is 0 Å². The van der Waals surface area contributed by atoms with Crippen molar-refractivity contribution in [1.82, 2.24) is 10.2 Å². The minimum absolute atomic E-state index is 0.163. The molecule has 2 amide bonds. The molecule has 1 N–H and O–H groups in total. The Kier molecular flexibility index (Phi) is 8.33. The number of carbonyl (C=O) groups excluding carboxylic acids is 3. The highest BCUT2D eigenvalue weighted by Gasteiger charge is 2.17. The number of hydrogen-bond acceptors (Lipinski definition) is 4. The van der Waals surface area contributed by atoms with E-state index < -0.39 is 30.8 Å². The Hall–Kier alpha value is -3.22. The van der Waals surface area contributed by atoms with Gasteiger partial charge in [-0.2, -0.15) is 0 Å². The van der Waals surface area contributed by atoms with Crippen molar-refractivity contribution in [1.29, 1.82) is 0 Å². The monoisotopic (exact) mass is 400 g/mol. The second kappa shape index (κ2) is 10.9. The normalized spacial score (nSPS) is 10.3. The molecule has 0 unspecified atom stereocenters. The first-order valence-electron chi connectivity index (χ1n) is 9.42. The van der Waals surface area contributed by atoms with Crippen LogP contribution in [0.5, 0.6) is 0 Å². The molecule has 0 bridgehead atoms. The van der Waals surface area contributed by atoms with Gasteiger partial charge in [0, 0.05) is 13.1 Å². The largest absolute Gasteiger partial charge is 0.454 e. The molecule has 0 saturated carbocycles. The van der Waals surface area contributed by atoms with E-state index in [4.69, 9.17) is 4.74 Å². The first-order valence-corrected chi connectivity index (χ1v) is 9.42. The third-order valence-corrected chi connectivity index (χ3v) is 4.21. The van der Waals surface area contributed by atoms with E-state index in [1.54, 1.807) is 4.90 Å². The molecule has 0 saturated heterocycles. The van der Waals surface area contributed by atoms with Crippen LogP contribution in [0.15, 0.2) is 48.5 Å². The van der Waals surface area contributed by atoms with Gasteiger partial charge in [0.1, 0.15) is 12.4 Å². The average molecular weight is 400 g/mol. The maximum absolute atomic E-state index is 13.6. The molecule has 6 nitrogen and oxygen atoms in total. The van der Waals surface area contributed by atoms with Crippen molar-refractivity contribution in [3.63, 3.8) is 0 Å². The topological polar surface area (TPSA) is 75.7 Å². The molecule has 0 heterocycles. The SMILES string of the molecule is CCCN(Cc1ccc(C)cc1)C(=O)COC(=O)CNC(=O)c1ccccc1F. The lowest BCUT2D eigenvalue weighted by atomic mass is 10.1. The minimum atomic E-state index is -0.769. The smallest absolute Gasteiger partial charge is 0.325 e. The van der Waals surface area contributed by atoms with Gasteiger partial charge in [-0.15, -0.1) is 0 Å². The van der Waals surface area contributed by atoms with Gasteiger partial charge in [0.05, 0.1) is 5.56 Å². The Morgan fingerprint density at radius 1 is 1.07 bits per heavy atom. The van der Waals surface area contributed by atoms with Crippen molar-refractivity contribution in [2.45, 2.75) is 26.8 Å². The molecule has 2 rings (SSSR count). The van der Waals surface area contributed by atoms with Gasteiger partial charge in [-0.3, -0.25) is 14.4 Å². The van der Waals surface area contributed by atoms with Crippen LogP contribution in [0.4, 0.5) is 4.39 Å². The number of ether oxygens (including phenoxy) is 1. The lowest BCUT2D eigenvalue weighted by molar-refractivity contribution is -0.151. The van der Waals surface area contributed by atoms with E-state index in [-0.39, 0.29) is 11.5 Å². The van der Waals surface area contributed by atoms with Gasteiger partial charge in [0.25, 0.3) is 11.8 Å². The first-order chi connectivity index (χ1) is 13.9. The van der Waals surface area contributed by atoms with Crippen molar-refractivity contribution in [2.75, 3.05) is 19.7 Å². The van der Waals surface area contributed by atoms with Crippen LogP contribution in [0.2, 0.25) is 0 Å². The number of nitrogens with zero attached hydrogens (tertiary/aromatic N) is 1. The van der Waals surface area contributed by atoms with Crippen LogP contribution >= 0.6 is 0 Å². The fraction of sp³-hybridized carbons (Fsp3) is 0.318. The molecule has 0 aromatic heterocycles. The van der Waals surface area contributed by atoms with E-state index in [1.807, 2.05) is 38.1 Å². The van der Waals surface area contributed by atoms with Crippen molar-refractivity contribution < 1.29 is 23.5 Å². The zero-order valence-electron chi connectivity index (χ0n) is 16.6. The summed E-state index contributed by atoms with van der Waals surface area (Å²) in [7, 11) is 0. The number of aryl methyl sites for hydroxylation is 1. The summed E-state index contributed by atoms with van der Waals surface area (Å²) in [6.45, 7) is 4.04. The van der Waals surface area contributed by atoms with Crippen LogP contribution in [0.1, 0.15) is 34.8 Å². The lowest BCUT2D eigenvalue weighted by Gasteiger charge is -2.22. The number of hydrogen-bond donors (Lipinski definition) is 1. The van der Waals surface area contributed by atoms with E-state index in [0.717, 1.165) is 23.6 Å². The molecular weight excluding hydrogens is 375 g/mol. The second-order valence-electron chi connectivity index (χ2n) is 6.62. The van der Waals surface area contributed by atoms with Crippen LogP contribution in [-0.2, 0) is 20.9 Å². The maximum atomic E-state index is 13.6. The van der Waals surface area contributed by atoms with Crippen LogP contribution in [0.3, 0.4) is 0 Å². The van der Waals surface area contributed by atoms with E-state index >= 15 is 0 Å². The number of halogens is 1. The van der Waals surface area contributed by atoms with Gasteiger partial charge in [0.15, 0.2) is 6.61 Å².